The van der Waals surface area contributed by atoms with E-state index in [0.29, 0.717) is 12.0 Å². The van der Waals surface area contributed by atoms with E-state index in [1.54, 1.807) is 0 Å². The first-order valence-corrected chi connectivity index (χ1v) is 5.25. The summed E-state index contributed by atoms with van der Waals surface area (Å²) in [6.45, 7) is 1.37. The fraction of sp³-hybridized carbons (Fsp3) is 0.500. The minimum Gasteiger partial charge on any atom is -0.211 e. The molecule has 0 bridgehead atoms. The summed E-state index contributed by atoms with van der Waals surface area (Å²) in [4.78, 5) is 0. The lowest BCUT2D eigenvalue weighted by Gasteiger charge is -2.11. The molecule has 0 aliphatic rings. The minimum atomic E-state index is -4.36. The first-order valence-electron chi connectivity index (χ1n) is 5.25. The van der Waals surface area contributed by atoms with Gasteiger partial charge in [-0.3, -0.25) is 0 Å². The van der Waals surface area contributed by atoms with Crippen LogP contribution in [0.5, 0.6) is 0 Å². The second-order valence-electron chi connectivity index (χ2n) is 3.93. The molecule has 0 unspecified atom stereocenters. The van der Waals surface area contributed by atoms with E-state index < -0.39 is 18.2 Å². The highest BCUT2D eigenvalue weighted by molar-refractivity contribution is 5.33. The first kappa shape index (κ1) is 13.9. The van der Waals surface area contributed by atoms with Crippen LogP contribution in [-0.2, 0) is 12.6 Å². The molecule has 1 aromatic rings. The van der Waals surface area contributed by atoms with Crippen molar-refractivity contribution in [3.05, 3.63) is 34.9 Å². The summed E-state index contributed by atoms with van der Waals surface area (Å²) in [7, 11) is 0. The quantitative estimate of drug-likeness (QED) is 0.687. The van der Waals surface area contributed by atoms with Gasteiger partial charge in [-0.25, -0.2) is 8.78 Å². The molecule has 0 N–H and O–H groups in total. The Balaban J connectivity index is 2.69. The average Bonchev–Trinajstić information content (AvgIpc) is 2.14. The third-order valence-electron chi connectivity index (χ3n) is 2.48. The Morgan fingerprint density at radius 1 is 1.18 bits per heavy atom. The summed E-state index contributed by atoms with van der Waals surface area (Å²) in [6, 6.07) is 3.77. The SMILES string of the molecule is Cc1cc(CCCC(F)F)ccc1C(F)(F)F. The molecule has 0 spiro atoms. The predicted octanol–water partition coefficient (Wildman–Crippen LogP) is 4.60. The molecule has 0 saturated carbocycles. The molecule has 0 aliphatic heterocycles. The number of halogens is 5. The van der Waals surface area contributed by atoms with Gasteiger partial charge in [-0.15, -0.1) is 0 Å². The molecule has 0 nitrogen and oxygen atoms in total. The maximum atomic E-state index is 12.4. The van der Waals surface area contributed by atoms with Crippen LogP contribution in [0.3, 0.4) is 0 Å². The number of hydrogen-bond donors (Lipinski definition) is 0. The summed E-state index contributed by atoms with van der Waals surface area (Å²) in [6.07, 6.45) is -6.28. The lowest BCUT2D eigenvalue weighted by molar-refractivity contribution is -0.138. The van der Waals surface area contributed by atoms with Crippen molar-refractivity contribution >= 4 is 0 Å². The molecule has 17 heavy (non-hydrogen) atoms. The third kappa shape index (κ3) is 4.32. The van der Waals surface area contributed by atoms with Crippen molar-refractivity contribution in [2.24, 2.45) is 0 Å². The zero-order valence-corrected chi connectivity index (χ0v) is 9.32. The molecule has 96 valence electrons. The van der Waals surface area contributed by atoms with Crippen molar-refractivity contribution < 1.29 is 22.0 Å². The molecule has 0 amide bonds. The van der Waals surface area contributed by atoms with Gasteiger partial charge in [-0.1, -0.05) is 12.1 Å². The summed E-state index contributed by atoms with van der Waals surface area (Å²) in [5.74, 6) is 0. The second kappa shape index (κ2) is 5.47. The molecular formula is C12H13F5. The zero-order chi connectivity index (χ0) is 13.1. The van der Waals surface area contributed by atoms with Gasteiger partial charge in [0.25, 0.3) is 0 Å². The standard InChI is InChI=1S/C12H13F5/c1-8-7-9(3-2-4-11(13)14)5-6-10(8)12(15,16)17/h5-7,11H,2-4H2,1H3. The molecular weight excluding hydrogens is 239 g/mol. The van der Waals surface area contributed by atoms with E-state index in [1.165, 1.54) is 19.1 Å². The number of aryl methyl sites for hydroxylation is 2. The monoisotopic (exact) mass is 252 g/mol. The molecule has 1 rings (SSSR count). The van der Waals surface area contributed by atoms with Crippen LogP contribution >= 0.6 is 0 Å². The molecule has 5 heteroatoms. The van der Waals surface area contributed by atoms with Crippen LogP contribution in [0.4, 0.5) is 22.0 Å². The Morgan fingerprint density at radius 2 is 1.82 bits per heavy atom. The maximum Gasteiger partial charge on any atom is 0.416 e. The number of hydrogen-bond acceptors (Lipinski definition) is 0. The Morgan fingerprint density at radius 3 is 2.29 bits per heavy atom. The van der Waals surface area contributed by atoms with Crippen LogP contribution in [0, 0.1) is 6.92 Å². The average molecular weight is 252 g/mol. The molecule has 0 fully saturated rings. The Bertz CT molecular complexity index is 368. The Labute approximate surface area is 96.4 Å². The molecule has 0 aliphatic carbocycles. The third-order valence-corrected chi connectivity index (χ3v) is 2.48. The van der Waals surface area contributed by atoms with E-state index in [4.69, 9.17) is 0 Å². The largest absolute Gasteiger partial charge is 0.416 e. The van der Waals surface area contributed by atoms with Crippen molar-refractivity contribution in [1.29, 1.82) is 0 Å². The van der Waals surface area contributed by atoms with Crippen molar-refractivity contribution in [3.8, 4) is 0 Å². The van der Waals surface area contributed by atoms with Crippen LogP contribution < -0.4 is 0 Å². The van der Waals surface area contributed by atoms with Gasteiger partial charge in [0.1, 0.15) is 0 Å². The molecule has 1 aromatic carbocycles. The van der Waals surface area contributed by atoms with Gasteiger partial charge in [0.05, 0.1) is 5.56 Å². The smallest absolute Gasteiger partial charge is 0.211 e. The lowest BCUT2D eigenvalue weighted by Crippen LogP contribution is -2.07. The van der Waals surface area contributed by atoms with E-state index >= 15 is 0 Å². The molecule has 0 aromatic heterocycles. The topological polar surface area (TPSA) is 0 Å². The van der Waals surface area contributed by atoms with Crippen LogP contribution in [0.25, 0.3) is 0 Å². The molecule has 0 atom stereocenters. The lowest BCUT2D eigenvalue weighted by atomic mass is 10.0. The number of alkyl halides is 5. The minimum absolute atomic E-state index is 0.132. The highest BCUT2D eigenvalue weighted by Crippen LogP contribution is 2.32. The maximum absolute atomic E-state index is 12.4. The highest BCUT2D eigenvalue weighted by Gasteiger charge is 2.31. The van der Waals surface area contributed by atoms with Gasteiger partial charge in [0.2, 0.25) is 6.43 Å². The summed E-state index contributed by atoms with van der Waals surface area (Å²) < 4.78 is 61.1. The number of benzene rings is 1. The normalized spacial score (nSPS) is 12.2. The fourth-order valence-corrected chi connectivity index (χ4v) is 1.66. The molecule has 0 heterocycles. The highest BCUT2D eigenvalue weighted by atomic mass is 19.4. The van der Waals surface area contributed by atoms with Crippen LogP contribution in [0.2, 0.25) is 0 Å². The predicted molar refractivity (Wildman–Crippen MR) is 55.1 cm³/mol. The van der Waals surface area contributed by atoms with E-state index in [0.717, 1.165) is 6.07 Å². The fourth-order valence-electron chi connectivity index (χ4n) is 1.66. The van der Waals surface area contributed by atoms with Gasteiger partial charge >= 0.3 is 6.18 Å². The van der Waals surface area contributed by atoms with Gasteiger partial charge in [-0.2, -0.15) is 13.2 Å². The van der Waals surface area contributed by atoms with Gasteiger partial charge in [-0.05, 0) is 37.0 Å². The van der Waals surface area contributed by atoms with E-state index in [9.17, 15) is 22.0 Å². The summed E-state index contributed by atoms with van der Waals surface area (Å²) in [5.41, 5.74) is 0.123. The van der Waals surface area contributed by atoms with Crippen LogP contribution in [0.15, 0.2) is 18.2 Å². The van der Waals surface area contributed by atoms with Gasteiger partial charge in [0, 0.05) is 6.42 Å². The van der Waals surface area contributed by atoms with Crippen molar-refractivity contribution in [2.75, 3.05) is 0 Å². The Hall–Kier alpha value is -1.13. The van der Waals surface area contributed by atoms with Crippen molar-refractivity contribution in [1.82, 2.24) is 0 Å². The first-order chi connectivity index (χ1) is 7.80. The van der Waals surface area contributed by atoms with Gasteiger partial charge in [0.15, 0.2) is 0 Å². The van der Waals surface area contributed by atoms with Crippen molar-refractivity contribution in [3.63, 3.8) is 0 Å². The van der Waals surface area contributed by atoms with Crippen LogP contribution in [-0.4, -0.2) is 6.43 Å². The van der Waals surface area contributed by atoms with E-state index in [-0.39, 0.29) is 18.4 Å². The van der Waals surface area contributed by atoms with Crippen LogP contribution in [0.1, 0.15) is 29.5 Å². The second-order valence-corrected chi connectivity index (χ2v) is 3.93. The Kier molecular flexibility index (Phi) is 4.48. The molecule has 0 saturated heterocycles. The van der Waals surface area contributed by atoms with E-state index in [2.05, 4.69) is 0 Å². The summed E-state index contributed by atoms with van der Waals surface area (Å²) in [5, 5.41) is 0. The van der Waals surface area contributed by atoms with E-state index in [1.807, 2.05) is 0 Å². The van der Waals surface area contributed by atoms with Crippen molar-refractivity contribution in [2.45, 2.75) is 38.8 Å². The molecule has 0 radical (unpaired) electrons. The number of rotatable bonds is 4. The zero-order valence-electron chi connectivity index (χ0n) is 9.32. The van der Waals surface area contributed by atoms with Gasteiger partial charge < -0.3 is 0 Å². The summed E-state index contributed by atoms with van der Waals surface area (Å²) >= 11 is 0.